The van der Waals surface area contributed by atoms with E-state index >= 15 is 0 Å². The van der Waals surface area contributed by atoms with Crippen molar-refractivity contribution in [3.05, 3.63) is 0 Å². The average molecular weight is 268 g/mol. The fourth-order valence-corrected chi connectivity index (χ4v) is 3.74. The van der Waals surface area contributed by atoms with Crippen LogP contribution in [0.25, 0.3) is 0 Å². The molecule has 0 radical (unpaired) electrons. The highest BCUT2D eigenvalue weighted by atomic mass is 15.3. The van der Waals surface area contributed by atoms with E-state index in [1.807, 2.05) is 0 Å². The molecule has 0 aliphatic carbocycles. The maximum Gasteiger partial charge on any atom is 0.0345 e. The zero-order valence-corrected chi connectivity index (χ0v) is 12.9. The number of hydrogen-bond acceptors (Lipinski definition) is 4. The van der Waals surface area contributed by atoms with Crippen LogP contribution in [-0.4, -0.2) is 79.1 Å². The van der Waals surface area contributed by atoms with Gasteiger partial charge in [-0.05, 0) is 45.4 Å². The maximum absolute atomic E-state index is 6.22. The van der Waals surface area contributed by atoms with E-state index in [0.29, 0.717) is 0 Å². The highest BCUT2D eigenvalue weighted by Gasteiger charge is 2.38. The summed E-state index contributed by atoms with van der Waals surface area (Å²) in [6.07, 6.45) is 3.84. The summed E-state index contributed by atoms with van der Waals surface area (Å²) in [4.78, 5) is 7.84. The van der Waals surface area contributed by atoms with Crippen LogP contribution in [0.2, 0.25) is 0 Å². The van der Waals surface area contributed by atoms with Gasteiger partial charge in [-0.2, -0.15) is 0 Å². The van der Waals surface area contributed by atoms with E-state index in [1.165, 1.54) is 71.6 Å². The predicted octanol–water partition coefficient (Wildman–Crippen LogP) is 0.827. The van der Waals surface area contributed by atoms with Gasteiger partial charge < -0.3 is 15.5 Å². The van der Waals surface area contributed by atoms with Gasteiger partial charge in [-0.1, -0.05) is 13.8 Å². The molecule has 4 nitrogen and oxygen atoms in total. The monoisotopic (exact) mass is 268 g/mol. The van der Waals surface area contributed by atoms with Crippen LogP contribution in [0.4, 0.5) is 0 Å². The lowest BCUT2D eigenvalue weighted by Crippen LogP contribution is -2.60. The lowest BCUT2D eigenvalue weighted by atomic mass is 9.87. The Kier molecular flexibility index (Phi) is 5.63. The van der Waals surface area contributed by atoms with Gasteiger partial charge >= 0.3 is 0 Å². The minimum absolute atomic E-state index is 0.281. The number of hydrogen-bond donors (Lipinski definition) is 1. The van der Waals surface area contributed by atoms with Crippen molar-refractivity contribution in [2.75, 3.05) is 58.9 Å². The number of nitrogens with zero attached hydrogens (tertiary/aromatic N) is 3. The molecule has 2 aliphatic heterocycles. The first-order valence-corrected chi connectivity index (χ1v) is 8.14. The lowest BCUT2D eigenvalue weighted by molar-refractivity contribution is 0.0282. The molecule has 2 aliphatic rings. The second kappa shape index (κ2) is 7.02. The molecule has 0 bridgehead atoms. The van der Waals surface area contributed by atoms with Gasteiger partial charge in [0, 0.05) is 38.3 Å². The summed E-state index contributed by atoms with van der Waals surface area (Å²) in [5.41, 5.74) is 6.50. The molecule has 2 N–H and O–H groups in total. The Morgan fingerprint density at radius 2 is 1.47 bits per heavy atom. The van der Waals surface area contributed by atoms with E-state index in [4.69, 9.17) is 5.73 Å². The molecule has 0 aromatic heterocycles. The van der Waals surface area contributed by atoms with Crippen LogP contribution in [0.3, 0.4) is 0 Å². The Morgan fingerprint density at radius 3 is 2.05 bits per heavy atom. The quantitative estimate of drug-likeness (QED) is 0.819. The molecular weight excluding hydrogens is 236 g/mol. The first-order chi connectivity index (χ1) is 9.24. The molecule has 0 aromatic rings. The van der Waals surface area contributed by atoms with E-state index in [-0.39, 0.29) is 5.54 Å². The summed E-state index contributed by atoms with van der Waals surface area (Å²) in [6, 6.07) is 0. The SMILES string of the molecule is CCN1CCN(C2(CN)CCCN(CC)CC2)CC1. The number of likely N-dealkylation sites (N-methyl/N-ethyl adjacent to an activating group) is 1. The molecule has 2 rings (SSSR count). The number of likely N-dealkylation sites (tertiary alicyclic amines) is 1. The van der Waals surface area contributed by atoms with Crippen molar-refractivity contribution in [3.8, 4) is 0 Å². The Labute approximate surface area is 118 Å². The topological polar surface area (TPSA) is 35.7 Å². The van der Waals surface area contributed by atoms with E-state index in [0.717, 1.165) is 6.54 Å². The largest absolute Gasteiger partial charge is 0.329 e. The molecule has 0 amide bonds. The van der Waals surface area contributed by atoms with Crippen molar-refractivity contribution >= 4 is 0 Å². The fourth-order valence-electron chi connectivity index (χ4n) is 3.74. The Balaban J connectivity index is 1.97. The molecule has 0 spiro atoms. The zero-order chi connectivity index (χ0) is 13.7. The van der Waals surface area contributed by atoms with Crippen molar-refractivity contribution in [2.24, 2.45) is 5.73 Å². The van der Waals surface area contributed by atoms with E-state index < -0.39 is 0 Å². The first-order valence-electron chi connectivity index (χ1n) is 8.14. The summed E-state index contributed by atoms with van der Waals surface area (Å²) in [5.74, 6) is 0. The van der Waals surface area contributed by atoms with Crippen molar-refractivity contribution < 1.29 is 0 Å². The molecule has 0 aromatic carbocycles. The second-order valence-electron chi connectivity index (χ2n) is 6.14. The molecule has 112 valence electrons. The van der Waals surface area contributed by atoms with Gasteiger partial charge in [0.2, 0.25) is 0 Å². The smallest absolute Gasteiger partial charge is 0.0345 e. The molecule has 19 heavy (non-hydrogen) atoms. The Bertz CT molecular complexity index is 263. The molecule has 1 unspecified atom stereocenters. The third kappa shape index (κ3) is 3.48. The van der Waals surface area contributed by atoms with Gasteiger partial charge in [0.15, 0.2) is 0 Å². The van der Waals surface area contributed by atoms with Gasteiger partial charge in [0.05, 0.1) is 0 Å². The van der Waals surface area contributed by atoms with Crippen molar-refractivity contribution in [2.45, 2.75) is 38.6 Å². The normalized spacial score (nSPS) is 32.4. The van der Waals surface area contributed by atoms with Crippen LogP contribution in [0.5, 0.6) is 0 Å². The van der Waals surface area contributed by atoms with E-state index in [1.54, 1.807) is 0 Å². The Hall–Kier alpha value is -0.160. The predicted molar refractivity (Wildman–Crippen MR) is 81.4 cm³/mol. The van der Waals surface area contributed by atoms with Crippen LogP contribution in [-0.2, 0) is 0 Å². The van der Waals surface area contributed by atoms with E-state index in [2.05, 4.69) is 28.5 Å². The van der Waals surface area contributed by atoms with Crippen LogP contribution in [0, 0.1) is 0 Å². The molecule has 4 heteroatoms. The van der Waals surface area contributed by atoms with Gasteiger partial charge in [-0.15, -0.1) is 0 Å². The van der Waals surface area contributed by atoms with Gasteiger partial charge in [-0.25, -0.2) is 0 Å². The highest BCUT2D eigenvalue weighted by molar-refractivity contribution is 4.96. The number of piperazine rings is 1. The summed E-state index contributed by atoms with van der Waals surface area (Å²) < 4.78 is 0. The van der Waals surface area contributed by atoms with Gasteiger partial charge in [-0.3, -0.25) is 4.90 Å². The van der Waals surface area contributed by atoms with Crippen molar-refractivity contribution in [1.82, 2.24) is 14.7 Å². The number of rotatable bonds is 4. The highest BCUT2D eigenvalue weighted by Crippen LogP contribution is 2.29. The minimum Gasteiger partial charge on any atom is -0.329 e. The van der Waals surface area contributed by atoms with Crippen molar-refractivity contribution in [3.63, 3.8) is 0 Å². The summed E-state index contributed by atoms with van der Waals surface area (Å²) >= 11 is 0. The zero-order valence-electron chi connectivity index (χ0n) is 12.9. The molecular formula is C15H32N4. The van der Waals surface area contributed by atoms with Crippen LogP contribution >= 0.6 is 0 Å². The molecule has 2 saturated heterocycles. The minimum atomic E-state index is 0.281. The molecule has 0 saturated carbocycles. The number of nitrogens with two attached hydrogens (primary N) is 1. The van der Waals surface area contributed by atoms with Crippen LogP contribution in [0.1, 0.15) is 33.1 Å². The van der Waals surface area contributed by atoms with Crippen molar-refractivity contribution in [1.29, 1.82) is 0 Å². The maximum atomic E-state index is 6.22. The van der Waals surface area contributed by atoms with Crippen LogP contribution < -0.4 is 5.73 Å². The molecule has 2 heterocycles. The third-order valence-electron chi connectivity index (χ3n) is 5.33. The summed E-state index contributed by atoms with van der Waals surface area (Å²) in [5, 5.41) is 0. The molecule has 1 atom stereocenters. The van der Waals surface area contributed by atoms with Crippen LogP contribution in [0.15, 0.2) is 0 Å². The average Bonchev–Trinajstić information content (AvgIpc) is 2.70. The van der Waals surface area contributed by atoms with Gasteiger partial charge in [0.1, 0.15) is 0 Å². The standard InChI is InChI=1S/C15H32N4/c1-3-17-8-5-6-15(14-16,7-9-17)19-12-10-18(4-2)11-13-19/h3-14,16H2,1-2H3. The fraction of sp³-hybridized carbons (Fsp3) is 1.00. The van der Waals surface area contributed by atoms with E-state index in [9.17, 15) is 0 Å². The summed E-state index contributed by atoms with van der Waals surface area (Å²) in [6.45, 7) is 15.1. The molecule has 2 fully saturated rings. The third-order valence-corrected chi connectivity index (χ3v) is 5.33. The van der Waals surface area contributed by atoms with Gasteiger partial charge in [0.25, 0.3) is 0 Å². The lowest BCUT2D eigenvalue weighted by Gasteiger charge is -2.47. The summed E-state index contributed by atoms with van der Waals surface area (Å²) in [7, 11) is 0. The first kappa shape index (κ1) is 15.2. The second-order valence-corrected chi connectivity index (χ2v) is 6.14. The Morgan fingerprint density at radius 1 is 0.842 bits per heavy atom.